The van der Waals surface area contributed by atoms with Crippen molar-refractivity contribution < 1.29 is 9.53 Å². The number of benzene rings is 1. The molecule has 0 saturated heterocycles. The van der Waals surface area contributed by atoms with Crippen LogP contribution in [0.15, 0.2) is 36.4 Å². The van der Waals surface area contributed by atoms with Crippen molar-refractivity contribution in [3.63, 3.8) is 0 Å². The van der Waals surface area contributed by atoms with E-state index in [-0.39, 0.29) is 5.91 Å². The summed E-state index contributed by atoms with van der Waals surface area (Å²) >= 11 is 0. The van der Waals surface area contributed by atoms with Crippen LogP contribution in [0, 0.1) is 0 Å². The lowest BCUT2D eigenvalue weighted by Crippen LogP contribution is -2.10. The Bertz CT molecular complexity index is 579. The molecule has 182 valence electrons. The fourth-order valence-electron chi connectivity index (χ4n) is 3.96. The van der Waals surface area contributed by atoms with Gasteiger partial charge in [-0.15, -0.1) is 0 Å². The zero-order valence-corrected chi connectivity index (χ0v) is 21.0. The molecule has 0 aliphatic heterocycles. The zero-order chi connectivity index (χ0) is 23.1. The fraction of sp³-hybridized carbons (Fsp3) is 0.690. The summed E-state index contributed by atoms with van der Waals surface area (Å²) in [4.78, 5) is 12.0. The number of nitrogens with one attached hydrogen (secondary N) is 1. The highest BCUT2D eigenvalue weighted by Crippen LogP contribution is 2.16. The predicted molar refractivity (Wildman–Crippen MR) is 140 cm³/mol. The highest BCUT2D eigenvalue weighted by Gasteiger charge is 2.02. The van der Waals surface area contributed by atoms with Crippen LogP contribution in [0.3, 0.4) is 0 Å². The molecule has 0 unspecified atom stereocenters. The van der Waals surface area contributed by atoms with Crippen molar-refractivity contribution in [2.45, 2.75) is 122 Å². The van der Waals surface area contributed by atoms with Gasteiger partial charge in [0.1, 0.15) is 5.75 Å². The molecule has 0 bridgehead atoms. The largest absolute Gasteiger partial charge is 0.497 e. The minimum absolute atomic E-state index is 0.108. The van der Waals surface area contributed by atoms with E-state index in [1.165, 1.54) is 96.3 Å². The zero-order valence-electron chi connectivity index (χ0n) is 21.0. The number of ether oxygens (including phenoxy) is 1. The molecule has 0 spiro atoms. The number of methoxy groups -OCH3 is 1. The molecular formula is C29H49NO2. The molecule has 1 aromatic rings. The van der Waals surface area contributed by atoms with Gasteiger partial charge in [0, 0.05) is 12.1 Å². The first-order valence-corrected chi connectivity index (χ1v) is 13.3. The first kappa shape index (κ1) is 28.3. The van der Waals surface area contributed by atoms with Crippen LogP contribution in [0.1, 0.15) is 122 Å². The molecule has 3 nitrogen and oxygen atoms in total. The molecule has 0 atom stereocenters. The maximum absolute atomic E-state index is 12.0. The number of amides is 1. The maximum atomic E-state index is 12.0. The van der Waals surface area contributed by atoms with Gasteiger partial charge < -0.3 is 10.1 Å². The summed E-state index contributed by atoms with van der Waals surface area (Å²) in [6.07, 6.45) is 27.8. The third-order valence-electron chi connectivity index (χ3n) is 6.04. The molecule has 1 rings (SSSR count). The molecule has 0 aliphatic carbocycles. The lowest BCUT2D eigenvalue weighted by Gasteiger charge is -2.06. The van der Waals surface area contributed by atoms with Crippen LogP contribution in [-0.2, 0) is 4.79 Å². The predicted octanol–water partition coefficient (Wildman–Crippen LogP) is 9.23. The quantitative estimate of drug-likeness (QED) is 0.152. The number of anilines is 1. The van der Waals surface area contributed by atoms with E-state index >= 15 is 0 Å². The number of unbranched alkanes of at least 4 members (excludes halogenated alkanes) is 15. The molecule has 32 heavy (non-hydrogen) atoms. The molecule has 0 fully saturated rings. The van der Waals surface area contributed by atoms with Crippen molar-refractivity contribution in [3.8, 4) is 5.75 Å². The second-order valence-corrected chi connectivity index (χ2v) is 9.03. The smallest absolute Gasteiger partial charge is 0.224 e. The van der Waals surface area contributed by atoms with Crippen LogP contribution in [0.25, 0.3) is 0 Å². The van der Waals surface area contributed by atoms with Crippen LogP contribution in [-0.4, -0.2) is 13.0 Å². The van der Waals surface area contributed by atoms with Crippen LogP contribution < -0.4 is 10.1 Å². The van der Waals surface area contributed by atoms with Gasteiger partial charge in [-0.05, 0) is 56.4 Å². The van der Waals surface area contributed by atoms with Gasteiger partial charge in [0.15, 0.2) is 0 Å². The van der Waals surface area contributed by atoms with E-state index in [0.717, 1.165) is 24.3 Å². The Morgan fingerprint density at radius 3 is 1.69 bits per heavy atom. The summed E-state index contributed by atoms with van der Waals surface area (Å²) in [6, 6.07) is 7.49. The average Bonchev–Trinajstić information content (AvgIpc) is 2.81. The lowest BCUT2D eigenvalue weighted by molar-refractivity contribution is -0.116. The molecule has 0 heterocycles. The molecule has 0 aromatic heterocycles. The molecular weight excluding hydrogens is 394 g/mol. The lowest BCUT2D eigenvalue weighted by atomic mass is 10.1. The molecule has 3 heteroatoms. The highest BCUT2D eigenvalue weighted by atomic mass is 16.5. The summed E-state index contributed by atoms with van der Waals surface area (Å²) in [6.45, 7) is 2.28. The Labute approximate surface area is 198 Å². The summed E-state index contributed by atoms with van der Waals surface area (Å²) in [7, 11) is 1.64. The Morgan fingerprint density at radius 1 is 0.719 bits per heavy atom. The third-order valence-corrected chi connectivity index (χ3v) is 6.04. The minimum atomic E-state index is 0.108. The Morgan fingerprint density at radius 2 is 1.19 bits per heavy atom. The molecule has 1 amide bonds. The Kier molecular flexibility index (Phi) is 18.6. The second-order valence-electron chi connectivity index (χ2n) is 9.03. The van der Waals surface area contributed by atoms with Gasteiger partial charge >= 0.3 is 0 Å². The summed E-state index contributed by atoms with van der Waals surface area (Å²) in [5.74, 6) is 0.912. The van der Waals surface area contributed by atoms with E-state index in [9.17, 15) is 4.79 Å². The van der Waals surface area contributed by atoms with Crippen LogP contribution in [0.2, 0.25) is 0 Å². The van der Waals surface area contributed by atoms with Crippen molar-refractivity contribution in [1.29, 1.82) is 0 Å². The van der Waals surface area contributed by atoms with Gasteiger partial charge in [-0.25, -0.2) is 0 Å². The molecule has 1 aromatic carbocycles. The summed E-state index contributed by atoms with van der Waals surface area (Å²) < 4.78 is 5.13. The van der Waals surface area contributed by atoms with Crippen molar-refractivity contribution in [1.82, 2.24) is 0 Å². The molecule has 0 radical (unpaired) electrons. The number of carbonyl (C=O) groups is 1. The summed E-state index contributed by atoms with van der Waals surface area (Å²) in [5, 5.41) is 2.95. The van der Waals surface area contributed by atoms with Gasteiger partial charge in [-0.3, -0.25) is 4.79 Å². The van der Waals surface area contributed by atoms with Crippen molar-refractivity contribution in [2.75, 3.05) is 12.4 Å². The highest BCUT2D eigenvalue weighted by molar-refractivity contribution is 5.90. The van der Waals surface area contributed by atoms with Crippen molar-refractivity contribution in [3.05, 3.63) is 36.4 Å². The Hall–Kier alpha value is -1.77. The standard InChI is InChI=1S/C29H49NO2/c1-3-4-5-6-7-8-9-10-11-12-13-14-15-16-17-18-19-20-21-22-29(31)30-27-23-25-28(32-2)26-24-27/h10-11,23-26H,3-9,12-22H2,1-2H3,(H,30,31)/b11-10-. The van der Waals surface area contributed by atoms with E-state index in [1.54, 1.807) is 7.11 Å². The Balaban J connectivity index is 1.81. The first-order chi connectivity index (χ1) is 15.8. The third kappa shape index (κ3) is 16.9. The minimum Gasteiger partial charge on any atom is -0.497 e. The molecule has 1 N–H and O–H groups in total. The number of hydrogen-bond donors (Lipinski definition) is 1. The SMILES string of the molecule is CCCCCCCC/C=C\CCCCCCCCCCCC(=O)Nc1ccc(OC)cc1. The van der Waals surface area contributed by atoms with Crippen LogP contribution in [0.5, 0.6) is 5.75 Å². The number of rotatable bonds is 21. The van der Waals surface area contributed by atoms with Gasteiger partial charge in [-0.2, -0.15) is 0 Å². The van der Waals surface area contributed by atoms with Crippen LogP contribution in [0.4, 0.5) is 5.69 Å². The second kappa shape index (κ2) is 21.1. The fourth-order valence-corrected chi connectivity index (χ4v) is 3.96. The molecule has 0 saturated carbocycles. The van der Waals surface area contributed by atoms with Crippen molar-refractivity contribution in [2.24, 2.45) is 0 Å². The van der Waals surface area contributed by atoms with E-state index in [2.05, 4.69) is 24.4 Å². The van der Waals surface area contributed by atoms with E-state index in [1.807, 2.05) is 24.3 Å². The van der Waals surface area contributed by atoms with Gasteiger partial charge in [0.05, 0.1) is 7.11 Å². The summed E-state index contributed by atoms with van der Waals surface area (Å²) in [5.41, 5.74) is 0.837. The number of carbonyl (C=O) groups excluding carboxylic acids is 1. The van der Waals surface area contributed by atoms with Gasteiger partial charge in [0.2, 0.25) is 5.91 Å². The van der Waals surface area contributed by atoms with E-state index < -0.39 is 0 Å². The number of hydrogen-bond acceptors (Lipinski definition) is 2. The first-order valence-electron chi connectivity index (χ1n) is 13.3. The number of allylic oxidation sites excluding steroid dienone is 2. The van der Waals surface area contributed by atoms with Gasteiger partial charge in [-0.1, -0.05) is 96.1 Å². The van der Waals surface area contributed by atoms with E-state index in [0.29, 0.717) is 6.42 Å². The normalized spacial score (nSPS) is 11.2. The van der Waals surface area contributed by atoms with Gasteiger partial charge in [0.25, 0.3) is 0 Å². The maximum Gasteiger partial charge on any atom is 0.224 e. The average molecular weight is 444 g/mol. The molecule has 0 aliphatic rings. The van der Waals surface area contributed by atoms with Crippen LogP contribution >= 0.6 is 0 Å². The van der Waals surface area contributed by atoms with Crippen molar-refractivity contribution >= 4 is 11.6 Å². The monoisotopic (exact) mass is 443 g/mol. The topological polar surface area (TPSA) is 38.3 Å². The van der Waals surface area contributed by atoms with E-state index in [4.69, 9.17) is 4.74 Å².